The van der Waals surface area contributed by atoms with E-state index in [9.17, 15) is 0 Å². The first-order valence-electron chi connectivity index (χ1n) is 9.22. The lowest BCUT2D eigenvalue weighted by Gasteiger charge is -2.22. The Morgan fingerprint density at radius 2 is 2.11 bits per heavy atom. The lowest BCUT2D eigenvalue weighted by molar-refractivity contribution is 0.192. The molecule has 1 unspecified atom stereocenters. The molecule has 0 bridgehead atoms. The van der Waals surface area contributed by atoms with Crippen LogP contribution in [-0.4, -0.2) is 59.5 Å². The van der Waals surface area contributed by atoms with Gasteiger partial charge in [-0.05, 0) is 43.9 Å². The van der Waals surface area contributed by atoms with Gasteiger partial charge in [0.15, 0.2) is 5.96 Å². The van der Waals surface area contributed by atoms with Crippen molar-refractivity contribution in [2.45, 2.75) is 31.7 Å². The molecule has 1 saturated heterocycles. The highest BCUT2D eigenvalue weighted by atomic mass is 127. The maximum Gasteiger partial charge on any atom is 0.191 e. The highest BCUT2D eigenvalue weighted by Crippen LogP contribution is 2.33. The molecule has 8 heteroatoms. The van der Waals surface area contributed by atoms with E-state index in [-0.39, 0.29) is 24.0 Å². The highest BCUT2D eigenvalue weighted by Gasteiger charge is 2.25. The number of hydrogen-bond acceptors (Lipinski definition) is 4. The predicted octanol–water partition coefficient (Wildman–Crippen LogP) is 3.53. The summed E-state index contributed by atoms with van der Waals surface area (Å²) in [6, 6.07) is 6.09. The Balaban J connectivity index is 0.00000364. The molecule has 0 aromatic heterocycles. The van der Waals surface area contributed by atoms with Crippen LogP contribution < -0.4 is 20.3 Å². The molecule has 2 N–H and O–H groups in total. The van der Waals surface area contributed by atoms with Crippen molar-refractivity contribution in [1.82, 2.24) is 10.6 Å². The van der Waals surface area contributed by atoms with Gasteiger partial charge in [0.2, 0.25) is 0 Å². The fourth-order valence-electron chi connectivity index (χ4n) is 3.15. The van der Waals surface area contributed by atoms with E-state index in [0.717, 1.165) is 74.3 Å². The van der Waals surface area contributed by atoms with Crippen LogP contribution >= 0.6 is 35.6 Å². The van der Waals surface area contributed by atoms with E-state index in [1.165, 1.54) is 0 Å². The topological polar surface area (TPSA) is 58.1 Å². The number of guanidine groups is 1. The van der Waals surface area contributed by atoms with Gasteiger partial charge in [0, 0.05) is 51.5 Å². The van der Waals surface area contributed by atoms with Gasteiger partial charge in [-0.25, -0.2) is 0 Å². The van der Waals surface area contributed by atoms with Crippen LogP contribution in [0.2, 0.25) is 5.02 Å². The van der Waals surface area contributed by atoms with E-state index in [1.54, 1.807) is 14.2 Å². The Kier molecular flexibility index (Phi) is 11.9. The first kappa shape index (κ1) is 24.1. The number of nitrogens with one attached hydrogen (secondary N) is 2. The molecule has 154 valence electrons. The van der Waals surface area contributed by atoms with E-state index in [4.69, 9.17) is 21.1 Å². The smallest absolute Gasteiger partial charge is 0.191 e. The monoisotopic (exact) mass is 510 g/mol. The first-order chi connectivity index (χ1) is 12.7. The molecule has 0 amide bonds. The van der Waals surface area contributed by atoms with Crippen molar-refractivity contribution in [1.29, 1.82) is 0 Å². The maximum absolute atomic E-state index is 6.16. The van der Waals surface area contributed by atoms with Crippen LogP contribution in [0.15, 0.2) is 23.2 Å². The number of rotatable bonds is 9. The number of halogens is 2. The minimum absolute atomic E-state index is 0. The van der Waals surface area contributed by atoms with E-state index < -0.39 is 0 Å². The quantitative estimate of drug-likeness (QED) is 0.230. The van der Waals surface area contributed by atoms with Gasteiger partial charge < -0.3 is 25.0 Å². The van der Waals surface area contributed by atoms with Crippen molar-refractivity contribution in [2.24, 2.45) is 4.99 Å². The van der Waals surface area contributed by atoms with Crippen LogP contribution in [0.1, 0.15) is 25.7 Å². The normalized spacial score (nSPS) is 16.8. The Morgan fingerprint density at radius 3 is 2.81 bits per heavy atom. The van der Waals surface area contributed by atoms with Crippen LogP contribution in [0.5, 0.6) is 5.75 Å². The standard InChI is InChI=1S/C19H31ClN4O2.HI/c1-21-19(22-10-5-4-6-12-25-2)23-16-9-11-24(14-16)17-13-15(20)7-8-18(17)26-3;/h7-8,13,16H,4-6,9-12,14H2,1-3H3,(H2,21,22,23);1H. The molecular formula is C19H32ClIN4O2. The van der Waals surface area contributed by atoms with Gasteiger partial charge in [-0.15, -0.1) is 24.0 Å². The number of aliphatic imine (C=N–C) groups is 1. The number of hydrogen-bond donors (Lipinski definition) is 2. The molecule has 0 saturated carbocycles. The molecule has 1 fully saturated rings. The molecule has 1 aliphatic rings. The van der Waals surface area contributed by atoms with E-state index in [1.807, 2.05) is 25.2 Å². The molecule has 2 rings (SSSR count). The minimum Gasteiger partial charge on any atom is -0.495 e. The molecule has 1 aromatic carbocycles. The van der Waals surface area contributed by atoms with Crippen molar-refractivity contribution < 1.29 is 9.47 Å². The summed E-state index contributed by atoms with van der Waals surface area (Å²) in [6.45, 7) is 3.60. The van der Waals surface area contributed by atoms with Crippen LogP contribution in [0.4, 0.5) is 5.69 Å². The van der Waals surface area contributed by atoms with Crippen LogP contribution in [0.25, 0.3) is 0 Å². The highest BCUT2D eigenvalue weighted by molar-refractivity contribution is 14.0. The number of unbranched alkanes of at least 4 members (excludes halogenated alkanes) is 2. The van der Waals surface area contributed by atoms with E-state index in [0.29, 0.717) is 6.04 Å². The summed E-state index contributed by atoms with van der Waals surface area (Å²) < 4.78 is 10.5. The number of ether oxygens (including phenoxy) is 2. The third-order valence-electron chi connectivity index (χ3n) is 4.55. The lowest BCUT2D eigenvalue weighted by atomic mass is 10.2. The van der Waals surface area contributed by atoms with Gasteiger partial charge in [0.05, 0.1) is 12.8 Å². The summed E-state index contributed by atoms with van der Waals surface area (Å²) in [7, 11) is 5.25. The Hall–Kier alpha value is -0.930. The second kappa shape index (κ2) is 13.3. The molecule has 27 heavy (non-hydrogen) atoms. The maximum atomic E-state index is 6.16. The largest absolute Gasteiger partial charge is 0.495 e. The second-order valence-electron chi connectivity index (χ2n) is 6.44. The molecular weight excluding hydrogens is 479 g/mol. The molecule has 1 atom stereocenters. The zero-order valence-corrected chi connectivity index (χ0v) is 19.5. The van der Waals surface area contributed by atoms with Crippen LogP contribution in [0, 0.1) is 0 Å². The first-order valence-corrected chi connectivity index (χ1v) is 9.60. The predicted molar refractivity (Wildman–Crippen MR) is 124 cm³/mol. The molecule has 6 nitrogen and oxygen atoms in total. The Morgan fingerprint density at radius 1 is 1.30 bits per heavy atom. The number of methoxy groups -OCH3 is 2. The summed E-state index contributed by atoms with van der Waals surface area (Å²) >= 11 is 6.16. The van der Waals surface area contributed by atoms with Gasteiger partial charge in [-0.2, -0.15) is 0 Å². The SMILES string of the molecule is CN=C(NCCCCCOC)NC1CCN(c2cc(Cl)ccc2OC)C1.I. The fourth-order valence-corrected chi connectivity index (χ4v) is 3.32. The zero-order chi connectivity index (χ0) is 18.8. The summed E-state index contributed by atoms with van der Waals surface area (Å²) in [6.07, 6.45) is 4.41. The molecule has 0 radical (unpaired) electrons. The molecule has 1 heterocycles. The van der Waals surface area contributed by atoms with Gasteiger partial charge >= 0.3 is 0 Å². The van der Waals surface area contributed by atoms with E-state index in [2.05, 4.69) is 20.5 Å². The minimum atomic E-state index is 0. The summed E-state index contributed by atoms with van der Waals surface area (Å²) in [4.78, 5) is 6.64. The number of anilines is 1. The third kappa shape index (κ3) is 7.91. The Bertz CT molecular complexity index is 589. The number of benzene rings is 1. The average Bonchev–Trinajstić information content (AvgIpc) is 3.12. The zero-order valence-electron chi connectivity index (χ0n) is 16.5. The Labute approximate surface area is 185 Å². The van der Waals surface area contributed by atoms with Crippen molar-refractivity contribution in [3.8, 4) is 5.75 Å². The van der Waals surface area contributed by atoms with Gasteiger partial charge in [-0.3, -0.25) is 4.99 Å². The van der Waals surface area contributed by atoms with Gasteiger partial charge in [0.1, 0.15) is 5.75 Å². The molecule has 1 aromatic rings. The molecule has 1 aliphatic heterocycles. The van der Waals surface area contributed by atoms with Crippen molar-refractivity contribution in [3.05, 3.63) is 23.2 Å². The van der Waals surface area contributed by atoms with Crippen molar-refractivity contribution in [3.63, 3.8) is 0 Å². The molecule has 0 spiro atoms. The number of nitrogens with zero attached hydrogens (tertiary/aromatic N) is 2. The third-order valence-corrected chi connectivity index (χ3v) is 4.79. The molecule has 0 aliphatic carbocycles. The van der Waals surface area contributed by atoms with Gasteiger partial charge in [-0.1, -0.05) is 11.6 Å². The van der Waals surface area contributed by atoms with E-state index >= 15 is 0 Å². The second-order valence-corrected chi connectivity index (χ2v) is 6.88. The fraction of sp³-hybridized carbons (Fsp3) is 0.632. The summed E-state index contributed by atoms with van der Waals surface area (Å²) in [5, 5.41) is 7.64. The summed E-state index contributed by atoms with van der Waals surface area (Å²) in [5.74, 6) is 1.72. The average molecular weight is 511 g/mol. The van der Waals surface area contributed by atoms with Crippen LogP contribution in [-0.2, 0) is 4.74 Å². The lowest BCUT2D eigenvalue weighted by Crippen LogP contribution is -2.44. The van der Waals surface area contributed by atoms with Crippen molar-refractivity contribution >= 4 is 47.2 Å². The van der Waals surface area contributed by atoms with Gasteiger partial charge in [0.25, 0.3) is 0 Å². The van der Waals surface area contributed by atoms with Crippen molar-refractivity contribution in [2.75, 3.05) is 52.4 Å². The summed E-state index contributed by atoms with van der Waals surface area (Å²) in [5.41, 5.74) is 1.05. The van der Waals surface area contributed by atoms with Crippen LogP contribution in [0.3, 0.4) is 0 Å².